The van der Waals surface area contributed by atoms with Crippen LogP contribution < -0.4 is 5.73 Å². The average molecular weight is 222 g/mol. The highest BCUT2D eigenvalue weighted by Gasteiger charge is 2.09. The van der Waals surface area contributed by atoms with Crippen LogP contribution in [0.1, 0.15) is 11.6 Å². The molecule has 4 heteroatoms. The van der Waals surface area contributed by atoms with Crippen LogP contribution in [-0.4, -0.2) is 9.78 Å². The summed E-state index contributed by atoms with van der Waals surface area (Å²) in [6.07, 6.45) is 3.62. The number of hydrogen-bond donors (Lipinski definition) is 1. The number of aromatic nitrogens is 2. The van der Waals surface area contributed by atoms with Crippen molar-refractivity contribution < 1.29 is 0 Å². The van der Waals surface area contributed by atoms with Gasteiger partial charge in [-0.2, -0.15) is 5.10 Å². The SMILES string of the molecule is NC(Cn1cccn1)c1ccccc1Cl. The summed E-state index contributed by atoms with van der Waals surface area (Å²) in [5.74, 6) is 0. The molecule has 2 rings (SSSR count). The fraction of sp³-hybridized carbons (Fsp3) is 0.182. The second-order valence-corrected chi connectivity index (χ2v) is 3.76. The molecule has 1 aromatic carbocycles. The first-order valence-corrected chi connectivity index (χ1v) is 5.12. The van der Waals surface area contributed by atoms with E-state index in [1.165, 1.54) is 0 Å². The summed E-state index contributed by atoms with van der Waals surface area (Å²) in [6.45, 7) is 0.636. The Hall–Kier alpha value is -1.32. The molecule has 0 radical (unpaired) electrons. The van der Waals surface area contributed by atoms with Crippen LogP contribution in [0.15, 0.2) is 42.7 Å². The molecule has 78 valence electrons. The van der Waals surface area contributed by atoms with Crippen LogP contribution in [0.4, 0.5) is 0 Å². The van der Waals surface area contributed by atoms with Crippen molar-refractivity contribution in [2.75, 3.05) is 0 Å². The highest BCUT2D eigenvalue weighted by atomic mass is 35.5. The molecule has 0 aliphatic rings. The summed E-state index contributed by atoms with van der Waals surface area (Å²) in [7, 11) is 0. The third-order valence-electron chi connectivity index (χ3n) is 2.25. The Labute approximate surface area is 93.5 Å². The smallest absolute Gasteiger partial charge is 0.0602 e. The zero-order chi connectivity index (χ0) is 10.7. The predicted octanol–water partition coefficient (Wildman–Crippen LogP) is 2.24. The fourth-order valence-corrected chi connectivity index (χ4v) is 1.76. The van der Waals surface area contributed by atoms with E-state index in [2.05, 4.69) is 5.10 Å². The second-order valence-electron chi connectivity index (χ2n) is 3.36. The Morgan fingerprint density at radius 1 is 1.33 bits per heavy atom. The zero-order valence-corrected chi connectivity index (χ0v) is 8.93. The number of benzene rings is 1. The molecule has 3 nitrogen and oxygen atoms in total. The van der Waals surface area contributed by atoms with Gasteiger partial charge in [0.05, 0.1) is 12.6 Å². The molecule has 0 amide bonds. The number of nitrogens with zero attached hydrogens (tertiary/aromatic N) is 2. The summed E-state index contributed by atoms with van der Waals surface area (Å²) >= 11 is 6.05. The fourth-order valence-electron chi connectivity index (χ4n) is 1.48. The number of nitrogens with two attached hydrogens (primary N) is 1. The molecule has 1 unspecified atom stereocenters. The van der Waals surface area contributed by atoms with Crippen LogP contribution in [-0.2, 0) is 6.54 Å². The van der Waals surface area contributed by atoms with Gasteiger partial charge in [-0.25, -0.2) is 0 Å². The molecule has 2 aromatic rings. The lowest BCUT2D eigenvalue weighted by molar-refractivity contribution is 0.528. The maximum absolute atomic E-state index is 6.05. The number of hydrogen-bond acceptors (Lipinski definition) is 2. The van der Waals surface area contributed by atoms with Crippen LogP contribution in [0.2, 0.25) is 5.02 Å². The van der Waals surface area contributed by atoms with Gasteiger partial charge in [0.1, 0.15) is 0 Å². The first kappa shape index (κ1) is 10.2. The van der Waals surface area contributed by atoms with E-state index in [1.807, 2.05) is 36.5 Å². The van der Waals surface area contributed by atoms with Crippen molar-refractivity contribution in [1.29, 1.82) is 0 Å². The lowest BCUT2D eigenvalue weighted by atomic mass is 10.1. The van der Waals surface area contributed by atoms with Gasteiger partial charge in [0.15, 0.2) is 0 Å². The molecule has 2 N–H and O–H groups in total. The molecule has 0 saturated heterocycles. The van der Waals surface area contributed by atoms with E-state index >= 15 is 0 Å². The van der Waals surface area contributed by atoms with Crippen molar-refractivity contribution >= 4 is 11.6 Å². The lowest BCUT2D eigenvalue weighted by Gasteiger charge is -2.13. The number of halogens is 1. The van der Waals surface area contributed by atoms with Crippen molar-refractivity contribution in [3.8, 4) is 0 Å². The molecule has 0 saturated carbocycles. The molecule has 0 spiro atoms. The van der Waals surface area contributed by atoms with E-state index in [9.17, 15) is 0 Å². The third-order valence-corrected chi connectivity index (χ3v) is 2.59. The molecule has 0 bridgehead atoms. The standard InChI is InChI=1S/C11H12ClN3/c12-10-5-2-1-4-9(10)11(13)8-15-7-3-6-14-15/h1-7,11H,8,13H2. The van der Waals surface area contributed by atoms with Crippen molar-refractivity contribution in [2.24, 2.45) is 5.73 Å². The highest BCUT2D eigenvalue weighted by Crippen LogP contribution is 2.21. The van der Waals surface area contributed by atoms with E-state index in [1.54, 1.807) is 10.9 Å². The van der Waals surface area contributed by atoms with E-state index in [0.29, 0.717) is 11.6 Å². The Balaban J connectivity index is 2.15. The monoisotopic (exact) mass is 221 g/mol. The first-order valence-electron chi connectivity index (χ1n) is 4.75. The summed E-state index contributed by atoms with van der Waals surface area (Å²) in [4.78, 5) is 0. The van der Waals surface area contributed by atoms with Crippen LogP contribution in [0, 0.1) is 0 Å². The van der Waals surface area contributed by atoms with Crippen LogP contribution in [0.3, 0.4) is 0 Å². The van der Waals surface area contributed by atoms with Gasteiger partial charge in [0.2, 0.25) is 0 Å². The minimum absolute atomic E-state index is 0.126. The van der Waals surface area contributed by atoms with Gasteiger partial charge in [-0.05, 0) is 17.7 Å². The van der Waals surface area contributed by atoms with E-state index < -0.39 is 0 Å². The average Bonchev–Trinajstić information content (AvgIpc) is 2.71. The van der Waals surface area contributed by atoms with Gasteiger partial charge in [-0.1, -0.05) is 29.8 Å². The van der Waals surface area contributed by atoms with Crippen LogP contribution >= 0.6 is 11.6 Å². The number of rotatable bonds is 3. The Morgan fingerprint density at radius 3 is 2.80 bits per heavy atom. The molecular weight excluding hydrogens is 210 g/mol. The minimum Gasteiger partial charge on any atom is -0.322 e. The van der Waals surface area contributed by atoms with Gasteiger partial charge in [-0.3, -0.25) is 4.68 Å². The van der Waals surface area contributed by atoms with Crippen LogP contribution in [0.5, 0.6) is 0 Å². The maximum Gasteiger partial charge on any atom is 0.0602 e. The van der Waals surface area contributed by atoms with Crippen molar-refractivity contribution in [3.05, 3.63) is 53.3 Å². The van der Waals surface area contributed by atoms with Crippen molar-refractivity contribution in [3.63, 3.8) is 0 Å². The van der Waals surface area contributed by atoms with Gasteiger partial charge >= 0.3 is 0 Å². The highest BCUT2D eigenvalue weighted by molar-refractivity contribution is 6.31. The summed E-state index contributed by atoms with van der Waals surface area (Å²) in [5, 5.41) is 4.81. The largest absolute Gasteiger partial charge is 0.322 e. The summed E-state index contributed by atoms with van der Waals surface area (Å²) in [5.41, 5.74) is 7.00. The topological polar surface area (TPSA) is 43.8 Å². The minimum atomic E-state index is -0.126. The van der Waals surface area contributed by atoms with Gasteiger partial charge in [0.25, 0.3) is 0 Å². The first-order chi connectivity index (χ1) is 7.27. The molecule has 1 aromatic heterocycles. The lowest BCUT2D eigenvalue weighted by Crippen LogP contribution is -2.18. The molecule has 15 heavy (non-hydrogen) atoms. The van der Waals surface area contributed by atoms with E-state index in [0.717, 1.165) is 5.56 Å². The molecule has 0 fully saturated rings. The Bertz CT molecular complexity index is 425. The zero-order valence-electron chi connectivity index (χ0n) is 8.18. The normalized spacial score (nSPS) is 12.7. The predicted molar refractivity (Wildman–Crippen MR) is 60.6 cm³/mol. The van der Waals surface area contributed by atoms with E-state index in [4.69, 9.17) is 17.3 Å². The molecular formula is C11H12ClN3. The Kier molecular flexibility index (Phi) is 3.04. The van der Waals surface area contributed by atoms with Gasteiger partial charge in [0, 0.05) is 17.4 Å². The van der Waals surface area contributed by atoms with Gasteiger partial charge in [-0.15, -0.1) is 0 Å². The van der Waals surface area contributed by atoms with Crippen molar-refractivity contribution in [1.82, 2.24) is 9.78 Å². The molecule has 0 aliphatic carbocycles. The Morgan fingerprint density at radius 2 is 2.13 bits per heavy atom. The van der Waals surface area contributed by atoms with E-state index in [-0.39, 0.29) is 6.04 Å². The molecule has 0 aliphatic heterocycles. The van der Waals surface area contributed by atoms with Crippen molar-refractivity contribution in [2.45, 2.75) is 12.6 Å². The second kappa shape index (κ2) is 4.47. The summed E-state index contributed by atoms with van der Waals surface area (Å²) in [6, 6.07) is 9.37. The summed E-state index contributed by atoms with van der Waals surface area (Å²) < 4.78 is 1.80. The molecule has 1 heterocycles. The van der Waals surface area contributed by atoms with Crippen LogP contribution in [0.25, 0.3) is 0 Å². The maximum atomic E-state index is 6.05. The van der Waals surface area contributed by atoms with Gasteiger partial charge < -0.3 is 5.73 Å². The third kappa shape index (κ3) is 2.37. The quantitative estimate of drug-likeness (QED) is 0.864. The molecule has 1 atom stereocenters.